The summed E-state index contributed by atoms with van der Waals surface area (Å²) in [6, 6.07) is 13.9. The van der Waals surface area contributed by atoms with Crippen LogP contribution in [-0.2, 0) is 0 Å². The van der Waals surface area contributed by atoms with Gasteiger partial charge in [-0.3, -0.25) is 9.56 Å². The molecule has 0 saturated heterocycles. The maximum Gasteiger partial charge on any atom is 0.181 e. The number of fused-ring (bicyclic) bond motifs is 3. The third kappa shape index (κ3) is 2.82. The molecule has 1 atom stereocenters. The van der Waals surface area contributed by atoms with Crippen LogP contribution < -0.4 is 0 Å². The molecular formula is C23H15BrN4O. The first-order valence-corrected chi connectivity index (χ1v) is 9.87. The Hall–Kier alpha value is -3.43. The molecule has 140 valence electrons. The molecule has 4 aromatic rings. The van der Waals surface area contributed by atoms with Crippen molar-refractivity contribution < 1.29 is 4.42 Å². The maximum atomic E-state index is 5.69. The van der Waals surface area contributed by atoms with Gasteiger partial charge in [0, 0.05) is 21.2 Å². The van der Waals surface area contributed by atoms with Crippen LogP contribution >= 0.6 is 15.9 Å². The zero-order chi connectivity index (χ0) is 20.0. The summed E-state index contributed by atoms with van der Waals surface area (Å²) in [5.74, 6) is 3.35. The molecule has 29 heavy (non-hydrogen) atoms. The van der Waals surface area contributed by atoms with Gasteiger partial charge >= 0.3 is 0 Å². The Bertz CT molecular complexity index is 1290. The predicted molar refractivity (Wildman–Crippen MR) is 115 cm³/mol. The van der Waals surface area contributed by atoms with Crippen LogP contribution in [0.1, 0.15) is 35.3 Å². The topological polar surface area (TPSA) is 56.2 Å². The Morgan fingerprint density at radius 3 is 2.79 bits per heavy atom. The fraction of sp³-hybridized carbons (Fsp3) is 0.0870. The van der Waals surface area contributed by atoms with Crippen LogP contribution in [0.15, 0.2) is 75.3 Å². The minimum Gasteiger partial charge on any atom is -0.442 e. The minimum absolute atomic E-state index is 0.165. The number of hydrogen-bond donors (Lipinski definition) is 0. The number of aliphatic imine (C=N–C) groups is 1. The fourth-order valence-electron chi connectivity index (χ4n) is 3.69. The van der Waals surface area contributed by atoms with Crippen molar-refractivity contribution in [3.63, 3.8) is 0 Å². The van der Waals surface area contributed by atoms with E-state index in [0.717, 1.165) is 44.0 Å². The van der Waals surface area contributed by atoms with Gasteiger partial charge in [0.2, 0.25) is 0 Å². The molecule has 5 rings (SSSR count). The van der Waals surface area contributed by atoms with Crippen LogP contribution in [0.4, 0.5) is 0 Å². The standard InChI is InChI=1S/C23H15BrN4O/c1-3-15-8-9-19-17(10-15)21(16-6-4-5-7-18(16)24)27-14(2)23-22(26-12-28(19)23)20-11-25-13-29-20/h1,4-14H,2H3/t14-/m1/s1. The highest BCUT2D eigenvalue weighted by Gasteiger charge is 2.28. The van der Waals surface area contributed by atoms with Gasteiger partial charge in [-0.2, -0.15) is 0 Å². The van der Waals surface area contributed by atoms with Crippen molar-refractivity contribution in [2.45, 2.75) is 13.0 Å². The minimum atomic E-state index is -0.165. The summed E-state index contributed by atoms with van der Waals surface area (Å²) in [7, 11) is 0. The van der Waals surface area contributed by atoms with E-state index in [1.165, 1.54) is 6.39 Å². The first kappa shape index (κ1) is 17.7. The van der Waals surface area contributed by atoms with Crippen LogP contribution in [0.5, 0.6) is 0 Å². The number of aromatic nitrogens is 3. The van der Waals surface area contributed by atoms with Crippen molar-refractivity contribution in [3.05, 3.63) is 88.2 Å². The molecule has 0 radical (unpaired) electrons. The van der Waals surface area contributed by atoms with Crippen LogP contribution in [0.3, 0.4) is 0 Å². The summed E-state index contributed by atoms with van der Waals surface area (Å²) in [5.41, 5.74) is 6.29. The Balaban J connectivity index is 1.83. The summed E-state index contributed by atoms with van der Waals surface area (Å²) in [5, 5.41) is 0. The van der Waals surface area contributed by atoms with Crippen molar-refractivity contribution in [3.8, 4) is 29.5 Å². The average Bonchev–Trinajstić information content (AvgIpc) is 3.39. The van der Waals surface area contributed by atoms with Gasteiger partial charge in [-0.05, 0) is 31.2 Å². The Morgan fingerprint density at radius 2 is 2.03 bits per heavy atom. The van der Waals surface area contributed by atoms with E-state index >= 15 is 0 Å². The van der Waals surface area contributed by atoms with Crippen LogP contribution in [-0.4, -0.2) is 20.2 Å². The third-order valence-corrected chi connectivity index (χ3v) is 5.69. The number of hydrogen-bond acceptors (Lipinski definition) is 4. The molecule has 2 aromatic heterocycles. The Kier molecular flexibility index (Phi) is 4.18. The zero-order valence-electron chi connectivity index (χ0n) is 15.5. The highest BCUT2D eigenvalue weighted by Crippen LogP contribution is 2.37. The number of oxazole rings is 1. The lowest BCUT2D eigenvalue weighted by Gasteiger charge is -2.13. The summed E-state index contributed by atoms with van der Waals surface area (Å²) in [6.45, 7) is 2.05. The summed E-state index contributed by atoms with van der Waals surface area (Å²) in [4.78, 5) is 13.7. The first-order valence-electron chi connectivity index (χ1n) is 9.07. The molecule has 0 bridgehead atoms. The van der Waals surface area contributed by atoms with E-state index in [1.807, 2.05) is 36.4 Å². The highest BCUT2D eigenvalue weighted by molar-refractivity contribution is 9.10. The van der Waals surface area contributed by atoms with E-state index in [4.69, 9.17) is 15.8 Å². The van der Waals surface area contributed by atoms with Gasteiger partial charge < -0.3 is 4.42 Å². The molecule has 0 spiro atoms. The monoisotopic (exact) mass is 442 g/mol. The van der Waals surface area contributed by atoms with E-state index in [2.05, 4.69) is 49.4 Å². The Morgan fingerprint density at radius 1 is 1.17 bits per heavy atom. The molecule has 0 N–H and O–H groups in total. The summed E-state index contributed by atoms with van der Waals surface area (Å²) >= 11 is 3.67. The molecule has 1 aliphatic heterocycles. The second-order valence-electron chi connectivity index (χ2n) is 6.72. The molecule has 6 heteroatoms. The molecule has 0 saturated carbocycles. The van der Waals surface area contributed by atoms with Crippen molar-refractivity contribution >= 4 is 21.6 Å². The number of benzene rings is 2. The Labute approximate surface area is 176 Å². The number of rotatable bonds is 2. The summed E-state index contributed by atoms with van der Waals surface area (Å²) < 4.78 is 8.55. The zero-order valence-corrected chi connectivity index (χ0v) is 17.1. The second kappa shape index (κ2) is 6.87. The van der Waals surface area contributed by atoms with Gasteiger partial charge in [-0.1, -0.05) is 40.0 Å². The van der Waals surface area contributed by atoms with Crippen LogP contribution in [0.2, 0.25) is 0 Å². The fourth-order valence-corrected chi connectivity index (χ4v) is 4.16. The van der Waals surface area contributed by atoms with Gasteiger partial charge in [0.1, 0.15) is 12.0 Å². The molecule has 0 fully saturated rings. The molecule has 3 heterocycles. The maximum absolute atomic E-state index is 5.69. The van der Waals surface area contributed by atoms with Gasteiger partial charge in [-0.25, -0.2) is 9.97 Å². The van der Waals surface area contributed by atoms with Gasteiger partial charge in [0.25, 0.3) is 0 Å². The van der Waals surface area contributed by atoms with Crippen molar-refractivity contribution in [1.29, 1.82) is 0 Å². The van der Waals surface area contributed by atoms with E-state index in [0.29, 0.717) is 5.76 Å². The lowest BCUT2D eigenvalue weighted by molar-refractivity contribution is 0.568. The molecule has 0 amide bonds. The average molecular weight is 443 g/mol. The molecule has 5 nitrogen and oxygen atoms in total. The molecule has 0 unspecified atom stereocenters. The number of nitrogens with zero attached hydrogens (tertiary/aromatic N) is 4. The quantitative estimate of drug-likeness (QED) is 0.401. The van der Waals surface area contributed by atoms with E-state index in [-0.39, 0.29) is 6.04 Å². The van der Waals surface area contributed by atoms with E-state index < -0.39 is 0 Å². The lowest BCUT2D eigenvalue weighted by Crippen LogP contribution is -2.08. The number of terminal acetylenes is 1. The highest BCUT2D eigenvalue weighted by atomic mass is 79.9. The van der Waals surface area contributed by atoms with Crippen molar-refractivity contribution in [1.82, 2.24) is 14.5 Å². The molecule has 2 aromatic carbocycles. The predicted octanol–water partition coefficient (Wildman–Crippen LogP) is 5.18. The van der Waals surface area contributed by atoms with Crippen molar-refractivity contribution in [2.75, 3.05) is 0 Å². The second-order valence-corrected chi connectivity index (χ2v) is 7.58. The van der Waals surface area contributed by atoms with Crippen LogP contribution in [0, 0.1) is 12.3 Å². The summed E-state index contributed by atoms with van der Waals surface area (Å²) in [6.07, 6.45) is 10.6. The molecular weight excluding hydrogens is 428 g/mol. The first-order chi connectivity index (χ1) is 14.2. The van der Waals surface area contributed by atoms with E-state index in [9.17, 15) is 0 Å². The van der Waals surface area contributed by atoms with Crippen molar-refractivity contribution in [2.24, 2.45) is 4.99 Å². The van der Waals surface area contributed by atoms with E-state index in [1.54, 1.807) is 12.5 Å². The van der Waals surface area contributed by atoms with Gasteiger partial charge in [-0.15, -0.1) is 6.42 Å². The number of imidazole rings is 1. The number of halogens is 1. The smallest absolute Gasteiger partial charge is 0.181 e. The lowest BCUT2D eigenvalue weighted by atomic mass is 9.98. The van der Waals surface area contributed by atoms with Crippen LogP contribution in [0.25, 0.3) is 17.1 Å². The third-order valence-electron chi connectivity index (χ3n) is 5.00. The molecule has 0 aliphatic carbocycles. The largest absolute Gasteiger partial charge is 0.442 e. The van der Waals surface area contributed by atoms with Gasteiger partial charge in [0.15, 0.2) is 12.2 Å². The van der Waals surface area contributed by atoms with Gasteiger partial charge in [0.05, 0.1) is 29.3 Å². The normalized spacial score (nSPS) is 15.1. The SMILES string of the molecule is C#Cc1ccc2c(c1)C(c1ccccc1Br)=N[C@H](C)c1c(-c3cnco3)ncn1-2. The molecule has 1 aliphatic rings.